The maximum atomic E-state index is 12.6. The molecular formula is C20H22N4O3. The van der Waals surface area contributed by atoms with Crippen LogP contribution in [0.2, 0.25) is 0 Å². The van der Waals surface area contributed by atoms with Crippen LogP contribution in [-0.4, -0.2) is 34.0 Å². The van der Waals surface area contributed by atoms with E-state index in [1.165, 1.54) is 0 Å². The molecule has 27 heavy (non-hydrogen) atoms. The predicted molar refractivity (Wildman–Crippen MR) is 98.3 cm³/mol. The average molecular weight is 366 g/mol. The molecule has 1 saturated heterocycles. The lowest BCUT2D eigenvalue weighted by atomic mass is 9.97. The molecule has 4 heterocycles. The molecule has 4 rings (SSSR count). The second-order valence-electron chi connectivity index (χ2n) is 6.79. The number of furan rings is 1. The minimum absolute atomic E-state index is 0.0190. The number of hydrogen-bond acceptors (Lipinski definition) is 6. The fourth-order valence-corrected chi connectivity index (χ4v) is 3.40. The first-order chi connectivity index (χ1) is 13.3. The van der Waals surface area contributed by atoms with Gasteiger partial charge in [-0.1, -0.05) is 5.16 Å². The fourth-order valence-electron chi connectivity index (χ4n) is 3.40. The summed E-state index contributed by atoms with van der Waals surface area (Å²) in [5.41, 5.74) is 1.61. The first-order valence-corrected chi connectivity index (χ1v) is 9.16. The molecule has 0 unspecified atom stereocenters. The van der Waals surface area contributed by atoms with Gasteiger partial charge in [0.1, 0.15) is 11.5 Å². The van der Waals surface area contributed by atoms with Crippen molar-refractivity contribution in [2.75, 3.05) is 13.1 Å². The number of aromatic nitrogens is 2. The Bertz CT molecular complexity index is 861. The van der Waals surface area contributed by atoms with Crippen molar-refractivity contribution in [2.24, 2.45) is 5.92 Å². The maximum Gasteiger partial charge on any atom is 0.224 e. The summed E-state index contributed by atoms with van der Waals surface area (Å²) in [6.45, 7) is 2.80. The Kier molecular flexibility index (Phi) is 5.29. The highest BCUT2D eigenvalue weighted by Crippen LogP contribution is 2.20. The van der Waals surface area contributed by atoms with Gasteiger partial charge in [0.15, 0.2) is 5.76 Å². The Labute approximate surface area is 157 Å². The summed E-state index contributed by atoms with van der Waals surface area (Å²) < 4.78 is 10.7. The number of pyridine rings is 1. The molecule has 7 heteroatoms. The van der Waals surface area contributed by atoms with Gasteiger partial charge in [0.2, 0.25) is 5.91 Å². The summed E-state index contributed by atoms with van der Waals surface area (Å²) in [5, 5.41) is 7.02. The van der Waals surface area contributed by atoms with Crippen LogP contribution in [0.15, 0.2) is 57.9 Å². The van der Waals surface area contributed by atoms with Crippen molar-refractivity contribution < 1.29 is 13.7 Å². The van der Waals surface area contributed by atoms with Crippen LogP contribution in [0.5, 0.6) is 0 Å². The van der Waals surface area contributed by atoms with Gasteiger partial charge < -0.3 is 14.3 Å². The molecule has 1 aliphatic rings. The van der Waals surface area contributed by atoms with E-state index in [1.54, 1.807) is 18.7 Å². The number of piperidine rings is 1. The highest BCUT2D eigenvalue weighted by molar-refractivity contribution is 5.78. The SMILES string of the molecule is O=C(NCc1cc(-c2cccnc2)no1)[C@H]1CCCN(Cc2ccco2)C1. The summed E-state index contributed by atoms with van der Waals surface area (Å²) in [4.78, 5) is 18.9. The molecule has 0 bridgehead atoms. The topological polar surface area (TPSA) is 84.4 Å². The van der Waals surface area contributed by atoms with Crippen LogP contribution in [0.25, 0.3) is 11.3 Å². The maximum absolute atomic E-state index is 12.6. The van der Waals surface area contributed by atoms with Gasteiger partial charge in [0.25, 0.3) is 0 Å². The second kappa shape index (κ2) is 8.18. The smallest absolute Gasteiger partial charge is 0.224 e. The monoisotopic (exact) mass is 366 g/mol. The molecule has 0 aliphatic carbocycles. The Morgan fingerprint density at radius 1 is 1.30 bits per heavy atom. The molecule has 1 amide bonds. The van der Waals surface area contributed by atoms with Gasteiger partial charge in [-0.3, -0.25) is 14.7 Å². The minimum Gasteiger partial charge on any atom is -0.468 e. The van der Waals surface area contributed by atoms with Crippen LogP contribution in [0.1, 0.15) is 24.4 Å². The summed E-state index contributed by atoms with van der Waals surface area (Å²) in [6.07, 6.45) is 7.03. The number of nitrogens with zero attached hydrogens (tertiary/aromatic N) is 3. The zero-order chi connectivity index (χ0) is 18.5. The number of carbonyl (C=O) groups is 1. The lowest BCUT2D eigenvalue weighted by Gasteiger charge is -2.31. The van der Waals surface area contributed by atoms with Crippen molar-refractivity contribution in [1.29, 1.82) is 0 Å². The van der Waals surface area contributed by atoms with E-state index < -0.39 is 0 Å². The predicted octanol–water partition coefficient (Wildman–Crippen LogP) is 2.86. The lowest BCUT2D eigenvalue weighted by molar-refractivity contribution is -0.127. The van der Waals surface area contributed by atoms with Crippen LogP contribution >= 0.6 is 0 Å². The molecule has 140 valence electrons. The van der Waals surface area contributed by atoms with Crippen LogP contribution in [-0.2, 0) is 17.9 Å². The Balaban J connectivity index is 1.29. The third-order valence-corrected chi connectivity index (χ3v) is 4.79. The van der Waals surface area contributed by atoms with Crippen LogP contribution in [0.4, 0.5) is 0 Å². The fraction of sp³-hybridized carbons (Fsp3) is 0.350. The highest BCUT2D eigenvalue weighted by Gasteiger charge is 2.26. The quantitative estimate of drug-likeness (QED) is 0.722. The zero-order valence-electron chi connectivity index (χ0n) is 15.0. The molecule has 7 nitrogen and oxygen atoms in total. The summed E-state index contributed by atoms with van der Waals surface area (Å²) in [5.74, 6) is 1.60. The molecule has 1 atom stereocenters. The van der Waals surface area contributed by atoms with Gasteiger partial charge in [-0.2, -0.15) is 0 Å². The normalized spacial score (nSPS) is 17.7. The van der Waals surface area contributed by atoms with Crippen LogP contribution in [0, 0.1) is 5.92 Å². The van der Waals surface area contributed by atoms with Gasteiger partial charge in [0, 0.05) is 30.6 Å². The summed E-state index contributed by atoms with van der Waals surface area (Å²) >= 11 is 0. The van der Waals surface area contributed by atoms with Gasteiger partial charge in [-0.05, 0) is 43.7 Å². The van der Waals surface area contributed by atoms with E-state index in [0.717, 1.165) is 49.5 Å². The molecule has 3 aromatic rings. The summed E-state index contributed by atoms with van der Waals surface area (Å²) in [7, 11) is 0. The van der Waals surface area contributed by atoms with Crippen molar-refractivity contribution in [2.45, 2.75) is 25.9 Å². The van der Waals surface area contributed by atoms with Crippen LogP contribution < -0.4 is 5.32 Å². The molecule has 1 fully saturated rings. The molecule has 1 N–H and O–H groups in total. The first kappa shape index (κ1) is 17.5. The molecule has 0 spiro atoms. The third-order valence-electron chi connectivity index (χ3n) is 4.79. The van der Waals surface area contributed by atoms with Gasteiger partial charge in [-0.15, -0.1) is 0 Å². The van der Waals surface area contributed by atoms with Crippen molar-refractivity contribution >= 4 is 5.91 Å². The molecule has 3 aromatic heterocycles. The largest absolute Gasteiger partial charge is 0.468 e. The van der Waals surface area contributed by atoms with E-state index in [4.69, 9.17) is 8.94 Å². The molecule has 1 aliphatic heterocycles. The van der Waals surface area contributed by atoms with E-state index in [9.17, 15) is 4.79 Å². The third kappa shape index (κ3) is 4.43. The lowest BCUT2D eigenvalue weighted by Crippen LogP contribution is -2.42. The first-order valence-electron chi connectivity index (χ1n) is 9.16. The number of rotatable bonds is 6. The van der Waals surface area contributed by atoms with Crippen molar-refractivity contribution in [3.63, 3.8) is 0 Å². The van der Waals surface area contributed by atoms with Crippen LogP contribution in [0.3, 0.4) is 0 Å². The number of carbonyl (C=O) groups excluding carboxylic acids is 1. The van der Waals surface area contributed by atoms with E-state index in [1.807, 2.05) is 30.3 Å². The van der Waals surface area contributed by atoms with E-state index >= 15 is 0 Å². The van der Waals surface area contributed by atoms with Gasteiger partial charge >= 0.3 is 0 Å². The van der Waals surface area contributed by atoms with Crippen molar-refractivity contribution in [3.8, 4) is 11.3 Å². The zero-order valence-corrected chi connectivity index (χ0v) is 15.0. The number of likely N-dealkylation sites (tertiary alicyclic amines) is 1. The van der Waals surface area contributed by atoms with E-state index in [-0.39, 0.29) is 11.8 Å². The Morgan fingerprint density at radius 2 is 2.26 bits per heavy atom. The van der Waals surface area contributed by atoms with Crippen molar-refractivity contribution in [3.05, 3.63) is 60.5 Å². The molecular weight excluding hydrogens is 344 g/mol. The average Bonchev–Trinajstić information content (AvgIpc) is 3.39. The Hall–Kier alpha value is -2.93. The molecule has 0 radical (unpaired) electrons. The van der Waals surface area contributed by atoms with Gasteiger partial charge in [-0.25, -0.2) is 0 Å². The number of amides is 1. The molecule has 0 aromatic carbocycles. The van der Waals surface area contributed by atoms with Gasteiger partial charge in [0.05, 0.1) is 25.3 Å². The highest BCUT2D eigenvalue weighted by atomic mass is 16.5. The van der Waals surface area contributed by atoms with Crippen molar-refractivity contribution in [1.82, 2.24) is 20.4 Å². The standard InChI is InChI=1S/C20H22N4O3/c25-20(16-5-2-8-24(13-16)14-17-6-3-9-26-17)22-12-18-10-19(23-27-18)15-4-1-7-21-11-15/h1,3-4,6-7,9-11,16H,2,5,8,12-14H2,(H,22,25)/t16-/m0/s1. The number of hydrogen-bond donors (Lipinski definition) is 1. The second-order valence-corrected chi connectivity index (χ2v) is 6.79. The molecule has 0 saturated carbocycles. The minimum atomic E-state index is -0.0190. The Morgan fingerprint density at radius 3 is 3.07 bits per heavy atom. The van der Waals surface area contributed by atoms with E-state index in [0.29, 0.717) is 12.3 Å². The summed E-state index contributed by atoms with van der Waals surface area (Å²) in [6, 6.07) is 9.46. The number of nitrogens with one attached hydrogen (secondary N) is 1. The van der Waals surface area contributed by atoms with E-state index in [2.05, 4.69) is 20.4 Å².